The zero-order valence-corrected chi connectivity index (χ0v) is 11.6. The summed E-state index contributed by atoms with van der Waals surface area (Å²) in [4.78, 5) is 26.4. The van der Waals surface area contributed by atoms with Crippen LogP contribution in [0.25, 0.3) is 0 Å². The minimum Gasteiger partial charge on any atom is -0.444 e. The zero-order chi connectivity index (χ0) is 13.9. The van der Waals surface area contributed by atoms with Crippen LogP contribution in [-0.2, 0) is 9.53 Å². The number of hydrogen-bond acceptors (Lipinski definition) is 4. The molecule has 1 atom stereocenters. The minimum atomic E-state index is -0.481. The van der Waals surface area contributed by atoms with Crippen LogP contribution in [0.3, 0.4) is 0 Å². The molecule has 0 aromatic carbocycles. The maximum absolute atomic E-state index is 11.9. The van der Waals surface area contributed by atoms with E-state index in [2.05, 4.69) is 0 Å². The molecule has 0 aromatic rings. The average molecular weight is 257 g/mol. The Morgan fingerprint density at radius 1 is 1.33 bits per heavy atom. The molecular weight excluding hydrogens is 234 g/mol. The van der Waals surface area contributed by atoms with Gasteiger partial charge in [0.05, 0.1) is 6.54 Å². The van der Waals surface area contributed by atoms with Crippen molar-refractivity contribution in [2.45, 2.75) is 39.3 Å². The lowest BCUT2D eigenvalue weighted by molar-refractivity contribution is -0.120. The van der Waals surface area contributed by atoms with Crippen molar-refractivity contribution in [2.24, 2.45) is 5.73 Å². The number of hydrogen-bond donors (Lipinski definition) is 1. The predicted molar refractivity (Wildman–Crippen MR) is 68.0 cm³/mol. The summed E-state index contributed by atoms with van der Waals surface area (Å²) in [6.07, 6.45) is -0.298. The first kappa shape index (κ1) is 14.8. The van der Waals surface area contributed by atoms with Gasteiger partial charge in [-0.25, -0.2) is 4.79 Å². The molecule has 1 rings (SSSR count). The molecule has 0 bridgehead atoms. The average Bonchev–Trinajstić information content (AvgIpc) is 2.17. The van der Waals surface area contributed by atoms with Crippen molar-refractivity contribution < 1.29 is 14.3 Å². The number of nitrogens with two attached hydrogens (primary N) is 1. The Balaban J connectivity index is 2.50. The van der Waals surface area contributed by atoms with Crippen LogP contribution in [0.1, 0.15) is 27.7 Å². The number of amides is 2. The van der Waals surface area contributed by atoms with Crippen LogP contribution >= 0.6 is 0 Å². The lowest BCUT2D eigenvalue weighted by atomic mass is 10.2. The van der Waals surface area contributed by atoms with E-state index in [1.165, 1.54) is 0 Å². The van der Waals surface area contributed by atoms with E-state index < -0.39 is 5.60 Å². The van der Waals surface area contributed by atoms with E-state index in [1.807, 2.05) is 32.6 Å². The molecule has 18 heavy (non-hydrogen) atoms. The van der Waals surface area contributed by atoms with E-state index in [-0.39, 0.29) is 24.6 Å². The number of piperazine rings is 1. The van der Waals surface area contributed by atoms with Gasteiger partial charge in [-0.3, -0.25) is 9.69 Å². The van der Waals surface area contributed by atoms with Gasteiger partial charge in [-0.1, -0.05) is 0 Å². The lowest BCUT2D eigenvalue weighted by Gasteiger charge is -2.39. The number of primary amides is 1. The summed E-state index contributed by atoms with van der Waals surface area (Å²) in [5.41, 5.74) is 4.70. The van der Waals surface area contributed by atoms with Gasteiger partial charge >= 0.3 is 6.09 Å². The van der Waals surface area contributed by atoms with Gasteiger partial charge < -0.3 is 15.4 Å². The molecule has 104 valence electrons. The quantitative estimate of drug-likeness (QED) is 0.777. The molecule has 6 heteroatoms. The highest BCUT2D eigenvalue weighted by Gasteiger charge is 2.30. The Bertz CT molecular complexity index is 325. The van der Waals surface area contributed by atoms with Crippen molar-refractivity contribution in [3.8, 4) is 0 Å². The van der Waals surface area contributed by atoms with Crippen molar-refractivity contribution >= 4 is 12.0 Å². The van der Waals surface area contributed by atoms with Crippen LogP contribution in [0.5, 0.6) is 0 Å². The van der Waals surface area contributed by atoms with E-state index in [0.717, 1.165) is 0 Å². The SMILES string of the molecule is CC1CN(C(=O)OC(C)(C)C)CCN1CC(N)=O. The molecule has 0 aliphatic carbocycles. The van der Waals surface area contributed by atoms with Crippen LogP contribution in [0, 0.1) is 0 Å². The molecule has 1 unspecified atom stereocenters. The van der Waals surface area contributed by atoms with Gasteiger partial charge in [-0.2, -0.15) is 0 Å². The molecule has 1 heterocycles. The van der Waals surface area contributed by atoms with E-state index in [9.17, 15) is 9.59 Å². The van der Waals surface area contributed by atoms with Crippen LogP contribution in [0.15, 0.2) is 0 Å². The lowest BCUT2D eigenvalue weighted by Crippen LogP contribution is -2.55. The van der Waals surface area contributed by atoms with Gasteiger partial charge in [0.25, 0.3) is 0 Å². The third kappa shape index (κ3) is 4.52. The Labute approximate surface area is 108 Å². The first-order valence-corrected chi connectivity index (χ1v) is 6.19. The fourth-order valence-corrected chi connectivity index (χ4v) is 1.92. The Morgan fingerprint density at radius 3 is 2.39 bits per heavy atom. The summed E-state index contributed by atoms with van der Waals surface area (Å²) in [6, 6.07) is 0.110. The number of rotatable bonds is 2. The highest BCUT2D eigenvalue weighted by atomic mass is 16.6. The molecule has 1 aliphatic heterocycles. The van der Waals surface area contributed by atoms with Crippen molar-refractivity contribution in [2.75, 3.05) is 26.2 Å². The van der Waals surface area contributed by atoms with E-state index >= 15 is 0 Å². The second-order valence-electron chi connectivity index (χ2n) is 5.71. The highest BCUT2D eigenvalue weighted by Crippen LogP contribution is 2.14. The molecule has 1 saturated heterocycles. The standard InChI is InChI=1S/C12H23N3O3/c1-9-7-15(11(17)18-12(2,3)4)6-5-14(9)8-10(13)16/h9H,5-8H2,1-4H3,(H2,13,16). The molecular formula is C12H23N3O3. The van der Waals surface area contributed by atoms with Gasteiger partial charge in [0.15, 0.2) is 0 Å². The summed E-state index contributed by atoms with van der Waals surface area (Å²) in [5.74, 6) is -0.340. The Hall–Kier alpha value is -1.30. The van der Waals surface area contributed by atoms with Gasteiger partial charge in [0.2, 0.25) is 5.91 Å². The summed E-state index contributed by atoms with van der Waals surface area (Å²) in [5, 5.41) is 0. The largest absolute Gasteiger partial charge is 0.444 e. The van der Waals surface area contributed by atoms with Crippen molar-refractivity contribution in [1.29, 1.82) is 0 Å². The molecule has 0 aromatic heterocycles. The van der Waals surface area contributed by atoms with Crippen molar-refractivity contribution in [1.82, 2.24) is 9.80 Å². The van der Waals surface area contributed by atoms with Crippen molar-refractivity contribution in [3.63, 3.8) is 0 Å². The first-order valence-electron chi connectivity index (χ1n) is 6.19. The van der Waals surface area contributed by atoms with Gasteiger partial charge in [0.1, 0.15) is 5.60 Å². The zero-order valence-electron chi connectivity index (χ0n) is 11.6. The predicted octanol–water partition coefficient (Wildman–Crippen LogP) is 0.413. The Kier molecular flexibility index (Phi) is 4.56. The minimum absolute atomic E-state index is 0.110. The van der Waals surface area contributed by atoms with E-state index in [0.29, 0.717) is 19.6 Å². The summed E-state index contributed by atoms with van der Waals surface area (Å²) < 4.78 is 5.32. The molecule has 6 nitrogen and oxygen atoms in total. The summed E-state index contributed by atoms with van der Waals surface area (Å²) >= 11 is 0. The summed E-state index contributed by atoms with van der Waals surface area (Å²) in [7, 11) is 0. The van der Waals surface area contributed by atoms with E-state index in [4.69, 9.17) is 10.5 Å². The maximum atomic E-state index is 11.9. The molecule has 1 fully saturated rings. The van der Waals surface area contributed by atoms with Gasteiger partial charge in [-0.05, 0) is 27.7 Å². The molecule has 2 N–H and O–H groups in total. The third-order valence-corrected chi connectivity index (χ3v) is 2.78. The number of ether oxygens (including phenoxy) is 1. The van der Waals surface area contributed by atoms with Crippen molar-refractivity contribution in [3.05, 3.63) is 0 Å². The highest BCUT2D eigenvalue weighted by molar-refractivity contribution is 5.76. The molecule has 1 aliphatic rings. The molecule has 2 amide bonds. The van der Waals surface area contributed by atoms with Crippen LogP contribution in [0.4, 0.5) is 4.79 Å². The Morgan fingerprint density at radius 2 is 1.94 bits per heavy atom. The second-order valence-corrected chi connectivity index (χ2v) is 5.71. The smallest absolute Gasteiger partial charge is 0.410 e. The number of nitrogens with zero attached hydrogens (tertiary/aromatic N) is 2. The molecule has 0 radical (unpaired) electrons. The first-order chi connectivity index (χ1) is 8.19. The van der Waals surface area contributed by atoms with Gasteiger partial charge in [-0.15, -0.1) is 0 Å². The monoisotopic (exact) mass is 257 g/mol. The van der Waals surface area contributed by atoms with Gasteiger partial charge in [0, 0.05) is 25.7 Å². The normalized spacial score (nSPS) is 21.8. The fourth-order valence-electron chi connectivity index (χ4n) is 1.92. The number of carbonyl (C=O) groups is 2. The van der Waals surface area contributed by atoms with Crippen LogP contribution in [-0.4, -0.2) is 59.6 Å². The molecule has 0 spiro atoms. The third-order valence-electron chi connectivity index (χ3n) is 2.78. The summed E-state index contributed by atoms with van der Waals surface area (Å²) in [6.45, 7) is 9.51. The fraction of sp³-hybridized carbons (Fsp3) is 0.833. The topological polar surface area (TPSA) is 75.9 Å². The maximum Gasteiger partial charge on any atom is 0.410 e. The second kappa shape index (κ2) is 5.56. The number of carbonyl (C=O) groups excluding carboxylic acids is 2. The molecule has 0 saturated carbocycles. The van der Waals surface area contributed by atoms with E-state index in [1.54, 1.807) is 4.90 Å². The van der Waals surface area contributed by atoms with Crippen LogP contribution < -0.4 is 5.73 Å². The van der Waals surface area contributed by atoms with Crippen LogP contribution in [0.2, 0.25) is 0 Å².